The summed E-state index contributed by atoms with van der Waals surface area (Å²) in [6.45, 7) is 7.69. The molecule has 2 amide bonds. The van der Waals surface area contributed by atoms with Gasteiger partial charge in [-0.2, -0.15) is 5.21 Å². The number of ether oxygens (including phenoxy) is 1. The summed E-state index contributed by atoms with van der Waals surface area (Å²) in [5.74, 6) is -1.04. The Morgan fingerprint density at radius 1 is 0.961 bits per heavy atom. The second-order valence-corrected chi connectivity index (χ2v) is 14.1. The van der Waals surface area contributed by atoms with Gasteiger partial charge in [0.25, 0.3) is 0 Å². The van der Waals surface area contributed by atoms with Crippen molar-refractivity contribution in [3.05, 3.63) is 83.7 Å². The summed E-state index contributed by atoms with van der Waals surface area (Å²) in [7, 11) is 0. The van der Waals surface area contributed by atoms with Crippen LogP contribution >= 0.6 is 0 Å². The van der Waals surface area contributed by atoms with Gasteiger partial charge in [0.1, 0.15) is 17.2 Å². The Hall–Kier alpha value is -5.26. The van der Waals surface area contributed by atoms with E-state index in [4.69, 9.17) is 4.74 Å². The molecular formula is C39H45FN6O5. The number of nitrogens with zero attached hydrogens (tertiary/aromatic N) is 3. The average molecular weight is 697 g/mol. The van der Waals surface area contributed by atoms with Crippen LogP contribution in [0.2, 0.25) is 0 Å². The van der Waals surface area contributed by atoms with Gasteiger partial charge in [-0.15, -0.1) is 10.2 Å². The number of anilines is 1. The molecule has 11 nitrogen and oxygen atoms in total. The summed E-state index contributed by atoms with van der Waals surface area (Å²) < 4.78 is 20.3. The molecule has 1 aliphatic rings. The number of ketones is 2. The number of hydrogen-bond donors (Lipinski definition) is 3. The maximum atomic E-state index is 15.0. The topological polar surface area (TPSA) is 156 Å². The summed E-state index contributed by atoms with van der Waals surface area (Å²) in [6.07, 6.45) is 3.05. The summed E-state index contributed by atoms with van der Waals surface area (Å²) in [6, 6.07) is 18.6. The first-order valence-corrected chi connectivity index (χ1v) is 17.4. The van der Waals surface area contributed by atoms with E-state index in [9.17, 15) is 19.2 Å². The van der Waals surface area contributed by atoms with E-state index in [1.54, 1.807) is 49.4 Å². The molecule has 1 saturated carbocycles. The van der Waals surface area contributed by atoms with Crippen LogP contribution in [0.1, 0.15) is 82.1 Å². The molecule has 0 saturated heterocycles. The van der Waals surface area contributed by atoms with E-state index in [0.29, 0.717) is 54.0 Å². The number of hydrogen-bond acceptors (Lipinski definition) is 8. The molecule has 268 valence electrons. The minimum atomic E-state index is -0.700. The Bertz CT molecular complexity index is 1830. The number of Topliss-reactive ketones (excluding diaryl/α,β-unsaturated/α-hetero) is 2. The molecule has 0 radical (unpaired) electrons. The summed E-state index contributed by atoms with van der Waals surface area (Å²) in [4.78, 5) is 52.1. The molecule has 1 heterocycles. The molecule has 0 spiro atoms. The largest absolute Gasteiger partial charge is 0.444 e. The number of benzene rings is 3. The van der Waals surface area contributed by atoms with E-state index in [0.717, 1.165) is 24.0 Å². The van der Waals surface area contributed by atoms with Crippen molar-refractivity contribution in [2.75, 3.05) is 11.9 Å². The summed E-state index contributed by atoms with van der Waals surface area (Å²) in [5.41, 5.74) is 2.77. The molecule has 1 atom stereocenters. The van der Waals surface area contributed by atoms with Gasteiger partial charge in [-0.25, -0.2) is 9.18 Å². The first kappa shape index (κ1) is 37.0. The monoisotopic (exact) mass is 696 g/mol. The number of tetrazole rings is 1. The molecule has 1 aliphatic carbocycles. The van der Waals surface area contributed by atoms with Crippen molar-refractivity contribution in [3.8, 4) is 22.5 Å². The lowest BCUT2D eigenvalue weighted by Crippen LogP contribution is -2.37. The lowest BCUT2D eigenvalue weighted by Gasteiger charge is -2.29. The number of carbonyl (C=O) groups excluding carboxylic acids is 4. The van der Waals surface area contributed by atoms with Crippen molar-refractivity contribution in [3.63, 3.8) is 0 Å². The Morgan fingerprint density at radius 2 is 1.71 bits per heavy atom. The van der Waals surface area contributed by atoms with Crippen molar-refractivity contribution in [1.29, 1.82) is 0 Å². The first-order chi connectivity index (χ1) is 24.4. The first-order valence-electron chi connectivity index (χ1n) is 17.4. The number of rotatable bonds is 13. The second kappa shape index (κ2) is 16.6. The van der Waals surface area contributed by atoms with Gasteiger partial charge in [0, 0.05) is 53.6 Å². The van der Waals surface area contributed by atoms with E-state index in [1.807, 2.05) is 32.9 Å². The van der Waals surface area contributed by atoms with Crippen LogP contribution in [0.15, 0.2) is 66.7 Å². The highest BCUT2D eigenvalue weighted by Crippen LogP contribution is 2.32. The van der Waals surface area contributed by atoms with Crippen molar-refractivity contribution in [2.45, 2.75) is 78.2 Å². The van der Waals surface area contributed by atoms with Crippen LogP contribution < -0.4 is 10.6 Å². The molecule has 1 aromatic heterocycles. The van der Waals surface area contributed by atoms with Crippen LogP contribution in [0.4, 0.5) is 14.9 Å². The quantitative estimate of drug-likeness (QED) is 0.123. The van der Waals surface area contributed by atoms with Gasteiger partial charge in [0.15, 0.2) is 5.78 Å². The van der Waals surface area contributed by atoms with Crippen LogP contribution in [-0.4, -0.2) is 56.3 Å². The molecule has 1 fully saturated rings. The minimum Gasteiger partial charge on any atom is -0.444 e. The van der Waals surface area contributed by atoms with Crippen LogP contribution in [0.5, 0.6) is 0 Å². The molecule has 5 rings (SSSR count). The molecule has 51 heavy (non-hydrogen) atoms. The number of carbonyl (C=O) groups is 4. The average Bonchev–Trinajstić information content (AvgIpc) is 3.65. The lowest BCUT2D eigenvalue weighted by molar-refractivity contribution is -0.129. The van der Waals surface area contributed by atoms with Crippen molar-refractivity contribution >= 4 is 29.3 Å². The Labute approximate surface area is 297 Å². The third-order valence-corrected chi connectivity index (χ3v) is 9.14. The zero-order valence-corrected chi connectivity index (χ0v) is 29.5. The number of alkyl carbamates (subject to hydrolysis) is 1. The van der Waals surface area contributed by atoms with E-state index in [1.165, 1.54) is 12.1 Å². The number of nitrogens with one attached hydrogen (secondary N) is 3. The fourth-order valence-corrected chi connectivity index (χ4v) is 6.40. The highest BCUT2D eigenvalue weighted by atomic mass is 19.1. The molecule has 3 aromatic carbocycles. The number of aromatic amines is 1. The van der Waals surface area contributed by atoms with Gasteiger partial charge in [-0.3, -0.25) is 14.4 Å². The van der Waals surface area contributed by atoms with E-state index in [2.05, 4.69) is 31.3 Å². The Morgan fingerprint density at radius 3 is 2.37 bits per heavy atom. The highest BCUT2D eigenvalue weighted by Gasteiger charge is 2.31. The number of amides is 2. The van der Waals surface area contributed by atoms with Crippen molar-refractivity contribution < 1.29 is 28.3 Å². The SMILES string of the molecule is CCC(=O)c1ccc(F)c(-c2cccc(C[C@H](CC(=O)C3CCC(CNC(=O)OC(C)(C)C)CC3)C(=O)Nc3ccc(-c4nn[nH]n4)cc3)c2)c1. The molecule has 0 bridgehead atoms. The normalized spacial score (nSPS) is 16.6. The predicted octanol–water partition coefficient (Wildman–Crippen LogP) is 7.35. The number of aromatic nitrogens is 4. The predicted molar refractivity (Wildman–Crippen MR) is 191 cm³/mol. The maximum Gasteiger partial charge on any atom is 0.407 e. The third-order valence-electron chi connectivity index (χ3n) is 9.14. The molecule has 0 aliphatic heterocycles. The molecule has 12 heteroatoms. The van der Waals surface area contributed by atoms with Crippen molar-refractivity contribution in [1.82, 2.24) is 25.9 Å². The number of halogens is 1. The van der Waals surface area contributed by atoms with Gasteiger partial charge in [-0.05, 0) is 118 Å². The second-order valence-electron chi connectivity index (χ2n) is 14.1. The Balaban J connectivity index is 1.29. The van der Waals surface area contributed by atoms with Gasteiger partial charge < -0.3 is 15.4 Å². The minimum absolute atomic E-state index is 0.0223. The fraction of sp³-hybridized carbons (Fsp3) is 0.410. The Kier molecular flexibility index (Phi) is 12.1. The van der Waals surface area contributed by atoms with Gasteiger partial charge in [0.05, 0.1) is 0 Å². The molecular weight excluding hydrogens is 651 g/mol. The fourth-order valence-electron chi connectivity index (χ4n) is 6.40. The van der Waals surface area contributed by atoms with Gasteiger partial charge >= 0.3 is 6.09 Å². The van der Waals surface area contributed by atoms with Gasteiger partial charge in [0.2, 0.25) is 11.7 Å². The number of H-pyrrole nitrogens is 1. The van der Waals surface area contributed by atoms with Crippen LogP contribution in [0.3, 0.4) is 0 Å². The smallest absolute Gasteiger partial charge is 0.407 e. The van der Waals surface area contributed by atoms with Crippen LogP contribution in [-0.2, 0) is 20.7 Å². The zero-order chi connectivity index (χ0) is 36.5. The van der Waals surface area contributed by atoms with E-state index < -0.39 is 23.4 Å². The zero-order valence-electron chi connectivity index (χ0n) is 29.5. The lowest BCUT2D eigenvalue weighted by atomic mass is 9.77. The van der Waals surface area contributed by atoms with E-state index in [-0.39, 0.29) is 42.2 Å². The summed E-state index contributed by atoms with van der Waals surface area (Å²) in [5, 5.41) is 19.8. The summed E-state index contributed by atoms with van der Waals surface area (Å²) >= 11 is 0. The van der Waals surface area contributed by atoms with Crippen LogP contribution in [0.25, 0.3) is 22.5 Å². The molecule has 0 unspecified atom stereocenters. The van der Waals surface area contributed by atoms with Gasteiger partial charge in [-0.1, -0.05) is 31.2 Å². The standard InChI is InChI=1S/C39H45FN6O5/c1-5-34(47)29-15-18-33(40)32(21-29)28-8-6-7-25(19-28)20-30(37(49)42-31-16-13-27(14-17-31)36-43-45-46-44-36)22-35(48)26-11-9-24(10-12-26)23-41-38(50)51-39(2,3)4/h6-8,13-19,21,24,26,30H,5,9-12,20,22-23H2,1-4H3,(H,41,50)(H,42,49)(H,43,44,45,46)/t24?,26?,30-/m1/s1. The van der Waals surface area contributed by atoms with E-state index >= 15 is 4.39 Å². The maximum absolute atomic E-state index is 15.0. The van der Waals surface area contributed by atoms with Crippen molar-refractivity contribution in [2.24, 2.45) is 17.8 Å². The highest BCUT2D eigenvalue weighted by molar-refractivity contribution is 5.97. The third kappa shape index (κ3) is 10.4. The molecule has 3 N–H and O–H groups in total. The molecule has 4 aromatic rings. The van der Waals surface area contributed by atoms with Crippen LogP contribution in [0, 0.1) is 23.6 Å².